The van der Waals surface area contributed by atoms with Gasteiger partial charge >= 0.3 is 0 Å². The number of benzene rings is 1. The van der Waals surface area contributed by atoms with E-state index in [1.54, 1.807) is 11.0 Å². The van der Waals surface area contributed by atoms with Crippen LogP contribution >= 0.6 is 0 Å². The fourth-order valence-electron chi connectivity index (χ4n) is 2.94. The van der Waals surface area contributed by atoms with E-state index in [1.165, 1.54) is 12.1 Å². The predicted octanol–water partition coefficient (Wildman–Crippen LogP) is 1.48. The Morgan fingerprint density at radius 3 is 3.10 bits per heavy atom. The van der Waals surface area contributed by atoms with Crippen molar-refractivity contribution in [3.8, 4) is 0 Å². The van der Waals surface area contributed by atoms with Gasteiger partial charge in [0.05, 0.1) is 6.61 Å². The number of halogens is 1. The Bertz CT molecular complexity index is 515. The standard InChI is InChI=1S/C15H19FN2O2/c1-10-2-3-11-8-12(16)4-5-13(11)18(10)15(19)14-9-17-6-7-20-14/h4-5,8,10,14,17H,2-3,6-7,9H2,1H3. The van der Waals surface area contributed by atoms with Gasteiger partial charge in [0.1, 0.15) is 11.9 Å². The van der Waals surface area contributed by atoms with Crippen molar-refractivity contribution in [1.29, 1.82) is 0 Å². The minimum absolute atomic E-state index is 0.0303. The lowest BCUT2D eigenvalue weighted by molar-refractivity contribution is -0.132. The number of carbonyl (C=O) groups is 1. The lowest BCUT2D eigenvalue weighted by atomic mass is 9.95. The quantitative estimate of drug-likeness (QED) is 0.846. The van der Waals surface area contributed by atoms with Gasteiger partial charge in [-0.05, 0) is 43.5 Å². The molecule has 2 atom stereocenters. The number of aryl methyl sites for hydroxylation is 1. The third-order valence-electron chi connectivity index (χ3n) is 4.01. The third kappa shape index (κ3) is 2.43. The third-order valence-corrected chi connectivity index (χ3v) is 4.01. The fourth-order valence-corrected chi connectivity index (χ4v) is 2.94. The number of amides is 1. The molecule has 0 aromatic heterocycles. The summed E-state index contributed by atoms with van der Waals surface area (Å²) in [6.07, 6.45) is 1.21. The predicted molar refractivity (Wildman–Crippen MR) is 74.3 cm³/mol. The van der Waals surface area contributed by atoms with E-state index < -0.39 is 6.10 Å². The maximum atomic E-state index is 13.3. The molecule has 2 unspecified atom stereocenters. The number of hydrogen-bond acceptors (Lipinski definition) is 3. The first-order valence-electron chi connectivity index (χ1n) is 7.10. The summed E-state index contributed by atoms with van der Waals surface area (Å²) >= 11 is 0. The van der Waals surface area contributed by atoms with Crippen molar-refractivity contribution in [3.63, 3.8) is 0 Å². The smallest absolute Gasteiger partial charge is 0.257 e. The van der Waals surface area contributed by atoms with Gasteiger partial charge in [-0.1, -0.05) is 0 Å². The maximum absolute atomic E-state index is 13.3. The van der Waals surface area contributed by atoms with Gasteiger partial charge < -0.3 is 15.0 Å². The highest BCUT2D eigenvalue weighted by molar-refractivity contribution is 5.98. The number of nitrogens with zero attached hydrogens (tertiary/aromatic N) is 1. The summed E-state index contributed by atoms with van der Waals surface area (Å²) in [6, 6.07) is 4.76. The van der Waals surface area contributed by atoms with E-state index in [9.17, 15) is 9.18 Å². The molecule has 2 aliphatic heterocycles. The van der Waals surface area contributed by atoms with Crippen LogP contribution in [0.2, 0.25) is 0 Å². The van der Waals surface area contributed by atoms with Gasteiger partial charge in [0.25, 0.3) is 5.91 Å². The van der Waals surface area contributed by atoms with Gasteiger partial charge in [-0.15, -0.1) is 0 Å². The molecule has 1 saturated heterocycles. The molecule has 1 aromatic rings. The molecule has 2 aliphatic rings. The molecule has 1 aromatic carbocycles. The molecule has 0 bridgehead atoms. The zero-order valence-electron chi connectivity index (χ0n) is 11.6. The van der Waals surface area contributed by atoms with Crippen LogP contribution in [0.25, 0.3) is 0 Å². The first-order chi connectivity index (χ1) is 9.66. The monoisotopic (exact) mass is 278 g/mol. The molecule has 5 heteroatoms. The highest BCUT2D eigenvalue weighted by Gasteiger charge is 2.34. The zero-order chi connectivity index (χ0) is 14.1. The molecule has 4 nitrogen and oxygen atoms in total. The summed E-state index contributed by atoms with van der Waals surface area (Å²) < 4.78 is 18.9. The van der Waals surface area contributed by atoms with Crippen molar-refractivity contribution >= 4 is 11.6 Å². The molecule has 1 N–H and O–H groups in total. The van der Waals surface area contributed by atoms with Crippen molar-refractivity contribution in [2.75, 3.05) is 24.6 Å². The second-order valence-corrected chi connectivity index (χ2v) is 5.43. The summed E-state index contributed by atoms with van der Waals surface area (Å²) in [4.78, 5) is 14.5. The van der Waals surface area contributed by atoms with Crippen LogP contribution < -0.4 is 10.2 Å². The first-order valence-corrected chi connectivity index (χ1v) is 7.10. The topological polar surface area (TPSA) is 41.6 Å². The number of anilines is 1. The molecule has 0 saturated carbocycles. The number of ether oxygens (including phenoxy) is 1. The molecular formula is C15H19FN2O2. The number of carbonyl (C=O) groups excluding carboxylic acids is 1. The molecular weight excluding hydrogens is 259 g/mol. The Balaban J connectivity index is 1.90. The lowest BCUT2D eigenvalue weighted by Gasteiger charge is -2.38. The van der Waals surface area contributed by atoms with E-state index in [2.05, 4.69) is 5.32 Å². The maximum Gasteiger partial charge on any atom is 0.257 e. The molecule has 0 aliphatic carbocycles. The van der Waals surface area contributed by atoms with Crippen LogP contribution in [0.3, 0.4) is 0 Å². The zero-order valence-corrected chi connectivity index (χ0v) is 11.6. The van der Waals surface area contributed by atoms with Gasteiger partial charge in [-0.25, -0.2) is 4.39 Å². The highest BCUT2D eigenvalue weighted by atomic mass is 19.1. The second-order valence-electron chi connectivity index (χ2n) is 5.43. The van der Waals surface area contributed by atoms with Crippen LogP contribution in [0, 0.1) is 5.82 Å². The van der Waals surface area contributed by atoms with E-state index in [1.807, 2.05) is 6.92 Å². The average Bonchev–Trinajstić information content (AvgIpc) is 2.48. The summed E-state index contributed by atoms with van der Waals surface area (Å²) in [7, 11) is 0. The number of morpholine rings is 1. The lowest BCUT2D eigenvalue weighted by Crippen LogP contribution is -2.53. The number of fused-ring (bicyclic) bond motifs is 1. The van der Waals surface area contributed by atoms with Crippen molar-refractivity contribution in [2.45, 2.75) is 31.9 Å². The van der Waals surface area contributed by atoms with Crippen molar-refractivity contribution in [2.24, 2.45) is 0 Å². The van der Waals surface area contributed by atoms with E-state index in [4.69, 9.17) is 4.74 Å². The minimum atomic E-state index is -0.442. The van der Waals surface area contributed by atoms with Crippen molar-refractivity contribution in [1.82, 2.24) is 5.32 Å². The largest absolute Gasteiger partial charge is 0.366 e. The molecule has 1 amide bonds. The van der Waals surface area contributed by atoms with Crippen molar-refractivity contribution in [3.05, 3.63) is 29.6 Å². The van der Waals surface area contributed by atoms with Gasteiger partial charge in [0.15, 0.2) is 0 Å². The number of rotatable bonds is 1. The Morgan fingerprint density at radius 2 is 2.35 bits per heavy atom. The summed E-state index contributed by atoms with van der Waals surface area (Å²) in [6.45, 7) is 3.90. The summed E-state index contributed by atoms with van der Waals surface area (Å²) in [5, 5.41) is 3.17. The fraction of sp³-hybridized carbons (Fsp3) is 0.533. The van der Waals surface area contributed by atoms with Gasteiger partial charge in [0.2, 0.25) is 0 Å². The Morgan fingerprint density at radius 1 is 1.50 bits per heavy atom. The molecule has 2 heterocycles. The number of nitrogens with one attached hydrogen (secondary N) is 1. The van der Waals surface area contributed by atoms with E-state index >= 15 is 0 Å². The van der Waals surface area contributed by atoms with Crippen LogP contribution in [0.15, 0.2) is 18.2 Å². The minimum Gasteiger partial charge on any atom is -0.366 e. The molecule has 108 valence electrons. The second kappa shape index (κ2) is 5.50. The first kappa shape index (κ1) is 13.5. The van der Waals surface area contributed by atoms with Crippen LogP contribution in [0.5, 0.6) is 0 Å². The summed E-state index contributed by atoms with van der Waals surface area (Å²) in [5.74, 6) is -0.279. The van der Waals surface area contributed by atoms with Gasteiger partial charge in [-0.3, -0.25) is 4.79 Å². The van der Waals surface area contributed by atoms with Crippen LogP contribution in [0.4, 0.5) is 10.1 Å². The van der Waals surface area contributed by atoms with Crippen LogP contribution in [-0.4, -0.2) is 37.7 Å². The van der Waals surface area contributed by atoms with Crippen LogP contribution in [-0.2, 0) is 16.0 Å². The molecule has 1 fully saturated rings. The normalized spacial score (nSPS) is 26.2. The van der Waals surface area contributed by atoms with Gasteiger partial charge in [0, 0.05) is 24.8 Å². The van der Waals surface area contributed by atoms with E-state index in [-0.39, 0.29) is 17.8 Å². The van der Waals surface area contributed by atoms with Crippen LogP contribution in [0.1, 0.15) is 18.9 Å². The van der Waals surface area contributed by atoms with Gasteiger partial charge in [-0.2, -0.15) is 0 Å². The number of hydrogen-bond donors (Lipinski definition) is 1. The van der Waals surface area contributed by atoms with Crippen molar-refractivity contribution < 1.29 is 13.9 Å². The Kier molecular flexibility index (Phi) is 3.72. The van der Waals surface area contributed by atoms with E-state index in [0.29, 0.717) is 13.2 Å². The average molecular weight is 278 g/mol. The SMILES string of the molecule is CC1CCc2cc(F)ccc2N1C(=O)C1CNCCO1. The molecule has 0 spiro atoms. The molecule has 3 rings (SSSR count). The molecule has 20 heavy (non-hydrogen) atoms. The Labute approximate surface area is 117 Å². The summed E-state index contributed by atoms with van der Waals surface area (Å²) in [5.41, 5.74) is 1.73. The molecule has 0 radical (unpaired) electrons. The van der Waals surface area contributed by atoms with E-state index in [0.717, 1.165) is 30.6 Å². The highest BCUT2D eigenvalue weighted by Crippen LogP contribution is 2.32. The Hall–Kier alpha value is -1.46.